The molecule has 0 atom stereocenters. The van der Waals surface area contributed by atoms with Crippen LogP contribution in [0.2, 0.25) is 0 Å². The Morgan fingerprint density at radius 1 is 0.613 bits per heavy atom. The molecule has 2 amide bonds. The molecule has 10 heteroatoms. The number of hydrogen-bond donors (Lipinski definition) is 0. The number of carbonyl (C=O) groups excluding carboxylic acids is 2. The van der Waals surface area contributed by atoms with E-state index in [4.69, 9.17) is 0 Å². The van der Waals surface area contributed by atoms with Crippen LogP contribution in [0.4, 0.5) is 11.4 Å². The van der Waals surface area contributed by atoms with E-state index in [2.05, 4.69) is 30.0 Å². The summed E-state index contributed by atoms with van der Waals surface area (Å²) in [4.78, 5) is 60.1. The number of piperidine rings is 1. The number of aromatic nitrogens is 2. The highest BCUT2D eigenvalue weighted by Crippen LogP contribution is 2.33. The Balaban J connectivity index is 0.000000186. The number of aryl methyl sites for hydroxylation is 4. The van der Waals surface area contributed by atoms with Gasteiger partial charge in [0.05, 0.1) is 11.0 Å². The van der Waals surface area contributed by atoms with Gasteiger partial charge in [-0.25, -0.2) is 0 Å². The van der Waals surface area contributed by atoms with Crippen LogP contribution in [-0.2, 0) is 13.1 Å². The van der Waals surface area contributed by atoms with Crippen molar-refractivity contribution in [2.75, 3.05) is 64.2 Å². The van der Waals surface area contributed by atoms with Gasteiger partial charge in [0.2, 0.25) is 0 Å². The lowest BCUT2D eigenvalue weighted by molar-refractivity contribution is 0.0985. The van der Waals surface area contributed by atoms with Crippen molar-refractivity contribution < 1.29 is 9.59 Å². The minimum absolute atomic E-state index is 0.000628. The molecule has 10 nitrogen and oxygen atoms in total. The Morgan fingerprint density at radius 3 is 1.58 bits per heavy atom. The number of hydrogen-bond acceptors (Lipinski definition) is 6. The number of fused-ring (bicyclic) bond motifs is 2. The summed E-state index contributed by atoms with van der Waals surface area (Å²) >= 11 is 0. The molecule has 8 rings (SSSR count). The van der Waals surface area contributed by atoms with Crippen LogP contribution in [-0.4, -0.2) is 85.1 Å². The molecule has 6 aromatic rings. The Bertz CT molecular complexity index is 2760. The van der Waals surface area contributed by atoms with Crippen molar-refractivity contribution in [3.05, 3.63) is 157 Å². The van der Waals surface area contributed by atoms with Gasteiger partial charge in [-0.3, -0.25) is 19.2 Å². The molecule has 0 spiro atoms. The van der Waals surface area contributed by atoms with E-state index in [1.165, 1.54) is 5.57 Å². The molecule has 4 aromatic carbocycles. The van der Waals surface area contributed by atoms with Crippen molar-refractivity contribution >= 4 is 50.6 Å². The third-order valence-corrected chi connectivity index (χ3v) is 12.7. The fourth-order valence-electron chi connectivity index (χ4n) is 8.81. The highest BCUT2D eigenvalue weighted by molar-refractivity contribution is 6.09. The number of nitrogens with zero attached hydrogens (tertiary/aromatic N) is 6. The second kappa shape index (κ2) is 18.9. The lowest BCUT2D eigenvalue weighted by Crippen LogP contribution is -2.30. The molecule has 2 aliphatic heterocycles. The van der Waals surface area contributed by atoms with Crippen molar-refractivity contribution in [3.63, 3.8) is 0 Å². The Kier molecular flexibility index (Phi) is 13.4. The lowest BCUT2D eigenvalue weighted by atomic mass is 9.87. The van der Waals surface area contributed by atoms with Gasteiger partial charge < -0.3 is 28.7 Å². The van der Waals surface area contributed by atoms with Crippen LogP contribution in [0.15, 0.2) is 113 Å². The quantitative estimate of drug-likeness (QED) is 0.153. The SMILES string of the molecule is CCn1c(=O)cc(C2=CCN(C)CC2)c2cc(C(=O)N(C)c3ccc(C)cc3)ccc21.CCn1c(=O)cc(C2CCN(C)CC2)c2cc(C(=O)N(C)c3ccc(C)cc3)ccc21. The molecule has 0 bridgehead atoms. The Morgan fingerprint density at radius 2 is 1.10 bits per heavy atom. The zero-order valence-electron chi connectivity index (χ0n) is 37.6. The van der Waals surface area contributed by atoms with E-state index in [9.17, 15) is 19.2 Å². The van der Waals surface area contributed by atoms with Gasteiger partial charge in [0.25, 0.3) is 22.9 Å². The van der Waals surface area contributed by atoms with Crippen molar-refractivity contribution in [3.8, 4) is 0 Å². The van der Waals surface area contributed by atoms with E-state index in [1.54, 1.807) is 38.1 Å². The van der Waals surface area contributed by atoms with Gasteiger partial charge in [-0.05, 0) is 157 Å². The van der Waals surface area contributed by atoms with Gasteiger partial charge in [0.1, 0.15) is 0 Å². The van der Waals surface area contributed by atoms with Gasteiger partial charge in [-0.15, -0.1) is 0 Å². The van der Waals surface area contributed by atoms with E-state index in [0.29, 0.717) is 30.1 Å². The largest absolute Gasteiger partial charge is 0.311 e. The maximum absolute atomic E-state index is 13.3. The molecule has 0 saturated carbocycles. The first-order valence-electron chi connectivity index (χ1n) is 21.9. The van der Waals surface area contributed by atoms with E-state index in [-0.39, 0.29) is 22.9 Å². The first kappa shape index (κ1) is 44.0. The number of anilines is 2. The first-order valence-corrected chi connectivity index (χ1v) is 21.9. The second-order valence-electron chi connectivity index (χ2n) is 17.0. The number of likely N-dealkylation sites (tertiary alicyclic amines) is 1. The summed E-state index contributed by atoms with van der Waals surface area (Å²) in [6.07, 6.45) is 5.15. The molecule has 1 fully saturated rings. The van der Waals surface area contributed by atoms with E-state index in [0.717, 1.165) is 101 Å². The summed E-state index contributed by atoms with van der Waals surface area (Å²) in [7, 11) is 7.84. The highest BCUT2D eigenvalue weighted by atomic mass is 16.2. The van der Waals surface area contributed by atoms with Gasteiger partial charge >= 0.3 is 0 Å². The first-order chi connectivity index (χ1) is 29.8. The molecule has 4 heterocycles. The predicted molar refractivity (Wildman–Crippen MR) is 255 cm³/mol. The summed E-state index contributed by atoms with van der Waals surface area (Å²) in [6.45, 7) is 13.1. The highest BCUT2D eigenvalue weighted by Gasteiger charge is 2.24. The van der Waals surface area contributed by atoms with Gasteiger partial charge in [0, 0.05) is 85.7 Å². The van der Waals surface area contributed by atoms with E-state index < -0.39 is 0 Å². The average Bonchev–Trinajstić information content (AvgIpc) is 3.28. The number of carbonyl (C=O) groups is 2. The number of benzene rings is 4. The monoisotopic (exact) mass is 832 g/mol. The van der Waals surface area contributed by atoms with Crippen molar-refractivity contribution in [1.29, 1.82) is 0 Å². The molecule has 2 aliphatic rings. The van der Waals surface area contributed by atoms with Crippen molar-refractivity contribution in [2.24, 2.45) is 0 Å². The molecule has 0 N–H and O–H groups in total. The molecule has 1 saturated heterocycles. The van der Waals surface area contributed by atoms with E-state index >= 15 is 0 Å². The normalized spacial score (nSPS) is 14.9. The number of likely N-dealkylation sites (N-methyl/N-ethyl adjacent to an activating group) is 1. The molecule has 2 aromatic heterocycles. The molecular weight excluding hydrogens is 773 g/mol. The average molecular weight is 833 g/mol. The van der Waals surface area contributed by atoms with Crippen LogP contribution in [0.1, 0.15) is 82.0 Å². The molecular formula is C52H60N6O4. The zero-order valence-corrected chi connectivity index (χ0v) is 37.6. The summed E-state index contributed by atoms with van der Waals surface area (Å²) in [5.41, 5.74) is 10.4. The standard InChI is InChI=1S/C26H31N3O2.C26H29N3O2/c2*1-5-29-24-11-8-20(26(31)28(4)21-9-6-18(2)7-10-21)16-23(24)22(17-25(29)30)19-12-14-27(3)15-13-19/h6-11,16-17,19H,5,12-15H2,1-4H3;6-12,16-17H,5,13-15H2,1-4H3. The van der Waals surface area contributed by atoms with Gasteiger partial charge in [0.15, 0.2) is 0 Å². The smallest absolute Gasteiger partial charge is 0.258 e. The van der Waals surface area contributed by atoms with Crippen LogP contribution in [0.3, 0.4) is 0 Å². The fraction of sp³-hybridized carbons (Fsp3) is 0.346. The topological polar surface area (TPSA) is 91.1 Å². The minimum atomic E-state index is -0.0664. The van der Waals surface area contributed by atoms with Crippen LogP contribution >= 0.6 is 0 Å². The Hall–Kier alpha value is -6.10. The number of pyridine rings is 2. The van der Waals surface area contributed by atoms with Crippen LogP contribution in [0, 0.1) is 13.8 Å². The van der Waals surface area contributed by atoms with Gasteiger partial charge in [-0.1, -0.05) is 41.5 Å². The molecule has 62 heavy (non-hydrogen) atoms. The third kappa shape index (κ3) is 9.22. The minimum Gasteiger partial charge on any atom is -0.311 e. The fourth-order valence-corrected chi connectivity index (χ4v) is 8.81. The zero-order chi connectivity index (χ0) is 44.2. The maximum Gasteiger partial charge on any atom is 0.258 e. The molecule has 0 aliphatic carbocycles. The van der Waals surface area contributed by atoms with E-state index in [1.807, 2.05) is 120 Å². The lowest BCUT2D eigenvalue weighted by Gasteiger charge is -2.30. The van der Waals surface area contributed by atoms with Crippen molar-refractivity contribution in [1.82, 2.24) is 18.9 Å². The second-order valence-corrected chi connectivity index (χ2v) is 17.0. The number of amides is 2. The summed E-state index contributed by atoms with van der Waals surface area (Å²) in [6, 6.07) is 30.9. The molecule has 0 radical (unpaired) electrons. The third-order valence-electron chi connectivity index (χ3n) is 12.7. The summed E-state index contributed by atoms with van der Waals surface area (Å²) < 4.78 is 3.57. The summed E-state index contributed by atoms with van der Waals surface area (Å²) in [5, 5.41) is 1.99. The molecule has 322 valence electrons. The van der Waals surface area contributed by atoms with Crippen LogP contribution in [0.25, 0.3) is 27.4 Å². The number of rotatable bonds is 8. The van der Waals surface area contributed by atoms with Crippen LogP contribution in [0.5, 0.6) is 0 Å². The predicted octanol–water partition coefficient (Wildman–Crippen LogP) is 8.74. The van der Waals surface area contributed by atoms with Gasteiger partial charge in [-0.2, -0.15) is 0 Å². The Labute approximate surface area is 365 Å². The maximum atomic E-state index is 13.3. The molecule has 0 unspecified atom stereocenters. The summed E-state index contributed by atoms with van der Waals surface area (Å²) in [5.74, 6) is 0.232. The van der Waals surface area contributed by atoms with Crippen LogP contribution < -0.4 is 20.9 Å². The van der Waals surface area contributed by atoms with Crippen molar-refractivity contribution in [2.45, 2.75) is 66.0 Å².